The van der Waals surface area contributed by atoms with E-state index in [0.717, 1.165) is 18.2 Å². The summed E-state index contributed by atoms with van der Waals surface area (Å²) in [7, 11) is -4.25. The molecule has 0 radical (unpaired) electrons. The van der Waals surface area contributed by atoms with E-state index in [1.807, 2.05) is 0 Å². The minimum absolute atomic E-state index is 0.817. The lowest BCUT2D eigenvalue weighted by molar-refractivity contribution is 1.57. The highest BCUT2D eigenvalue weighted by molar-refractivity contribution is 7.81. The average Bonchev–Trinajstić information content (AvgIpc) is 0.742. The average molecular weight is 1600 g/mol. The van der Waals surface area contributed by atoms with Gasteiger partial charge in [-0.3, -0.25) is 0 Å². The molecule has 0 bridgehead atoms. The smallest absolute Gasteiger partial charge is 0.0432 e. The third-order valence-electron chi connectivity index (χ3n) is 23.8. The van der Waals surface area contributed by atoms with Crippen LogP contribution in [-0.2, 0) is 0 Å². The number of rotatable bonds is 25. The van der Waals surface area contributed by atoms with E-state index in [0.29, 0.717) is 0 Å². The van der Waals surface area contributed by atoms with Gasteiger partial charge in [0.2, 0.25) is 0 Å². The first kappa shape index (κ1) is 77.4. The quantitative estimate of drug-likeness (QED) is 0.0395. The second-order valence-electron chi connectivity index (χ2n) is 31.7. The van der Waals surface area contributed by atoms with Gasteiger partial charge in [0.05, 0.1) is 0 Å². The fourth-order valence-corrected chi connectivity index (χ4v) is 27.5. The third kappa shape index (κ3) is 17.8. The van der Waals surface area contributed by atoms with Crippen molar-refractivity contribution >= 4 is 67.2 Å². The summed E-state index contributed by atoms with van der Waals surface area (Å²) >= 11 is 0. The zero-order valence-electron chi connectivity index (χ0n) is 67.5. The maximum atomic E-state index is 2.61. The van der Waals surface area contributed by atoms with Crippen molar-refractivity contribution in [3.63, 3.8) is 0 Å². The summed E-state index contributed by atoms with van der Waals surface area (Å²) in [5.41, 5.74) is 30.0. The Morgan fingerprint density at radius 3 is 0.339 bits per heavy atom. The van der Waals surface area contributed by atoms with E-state index in [1.165, 1.54) is 171 Å². The molecule has 0 saturated heterocycles. The number of benzene rings is 19. The Morgan fingerprint density at radius 1 is 0.116 bits per heavy atom. The van der Waals surface area contributed by atoms with Crippen molar-refractivity contribution in [2.45, 2.75) is 0 Å². The largest absolute Gasteiger partial charge is 0.209 e. The van der Waals surface area contributed by atoms with Gasteiger partial charge in [-0.25, -0.2) is 5.46 Å². The number of hydrogen-bond donors (Lipinski definition) is 0. The highest BCUT2D eigenvalue weighted by Crippen LogP contribution is 2.52. The molecule has 0 aliphatic rings. The van der Waals surface area contributed by atoms with Crippen molar-refractivity contribution in [3.8, 4) is 134 Å². The lowest BCUT2D eigenvalue weighted by Crippen LogP contribution is -2.60. The topological polar surface area (TPSA) is 0 Å². The molecule has 0 heterocycles. The van der Waals surface area contributed by atoms with Gasteiger partial charge in [0.15, 0.2) is 0 Å². The minimum atomic E-state index is -1.98. The summed E-state index contributed by atoms with van der Waals surface area (Å²) in [6.45, 7) is 0. The molecule has 19 aromatic rings. The third-order valence-corrected chi connectivity index (χ3v) is 32.2. The summed E-state index contributed by atoms with van der Waals surface area (Å²) in [6.07, 6.45) is -1.98. The molecule has 4 heteroatoms. The normalized spacial score (nSPS) is 11.5. The molecule has 0 unspecified atom stereocenters. The van der Waals surface area contributed by atoms with E-state index in [-0.39, 0.29) is 0 Å². The molecule has 0 aliphatic carbocycles. The Labute approximate surface area is 717 Å². The second kappa shape index (κ2) is 36.4. The summed E-state index contributed by atoms with van der Waals surface area (Å²) < 4.78 is 0. The van der Waals surface area contributed by atoms with Crippen molar-refractivity contribution in [2.24, 2.45) is 0 Å². The van der Waals surface area contributed by atoms with Gasteiger partial charge in [0.1, 0.15) is 0 Å². The van der Waals surface area contributed by atoms with Crippen molar-refractivity contribution in [1.82, 2.24) is 0 Å². The van der Waals surface area contributed by atoms with E-state index >= 15 is 0 Å². The van der Waals surface area contributed by atoms with Crippen LogP contribution in [0.15, 0.2) is 504 Å². The highest BCUT2D eigenvalue weighted by Gasteiger charge is 2.39. The molecular weight excluding hydrogens is 1510 g/mol. The zero-order valence-corrected chi connectivity index (χ0v) is 70.1. The fourth-order valence-electron chi connectivity index (χ4n) is 17.6. The van der Waals surface area contributed by atoms with Gasteiger partial charge in [-0.1, -0.05) is 418 Å². The summed E-state index contributed by atoms with van der Waals surface area (Å²) in [4.78, 5) is 0. The Kier molecular flexibility index (Phi) is 23.3. The first-order valence-corrected chi connectivity index (χ1v) is 46.6. The van der Waals surface area contributed by atoms with Gasteiger partial charge >= 0.3 is 0 Å². The SMILES string of the molecule is c1ccc(-c2cc(-c3ccccc3)cc(P(C[B-](CP(c3cc(-c4ccccc4)cc(-c4ccccc4)c3)c3cc(-c4ccccc4)cc(-c4ccccc4)c3)(CP(c3cc(-c4ccccc4)cc(-c4ccccc4)c3)c3cc(-c4ccccc4)cc(-c4ccccc4)c3)c3ccccc3)c3cc(-c4ccccc4)cc(-c4ccccc4)c3)c2)cc1. The molecule has 0 aromatic heterocycles. The van der Waals surface area contributed by atoms with E-state index in [2.05, 4.69) is 504 Å². The fraction of sp³-hybridized carbons (Fsp3) is 0.0256. The zero-order chi connectivity index (χ0) is 80.9. The van der Waals surface area contributed by atoms with E-state index < -0.39 is 29.9 Å². The Bertz CT molecular complexity index is 5330. The van der Waals surface area contributed by atoms with E-state index in [4.69, 9.17) is 0 Å². The molecule has 121 heavy (non-hydrogen) atoms. The van der Waals surface area contributed by atoms with Crippen molar-refractivity contribution in [2.75, 3.05) is 18.2 Å². The standard InChI is InChI=1S/C117H89BP3/c1-14-40-87(41-15-1)99-66-100(88-42-16-2-17-43-88)73-112(72-99)119(113-74-101(89-44-18-3-19-45-89)67-102(75-113)90-46-20-4-21-47-90)84-118(111-64-38-13-39-65-111,85-120(114-76-103(91-48-22-5-23-49-91)68-104(77-114)92-50-24-6-25-51-92)115-78-105(93-52-26-7-27-53-93)69-106(79-115)94-54-28-8-29-55-94)86-121(116-80-107(95-56-30-9-31-57-95)70-108(81-116)96-58-32-10-33-59-96)117-82-109(97-60-34-11-35-61-97)71-110(83-117)98-62-36-12-37-63-98/h1-83H,84-86H2/q-1. The molecule has 0 aliphatic heterocycles. The van der Waals surface area contributed by atoms with Crippen molar-refractivity contribution in [3.05, 3.63) is 504 Å². The van der Waals surface area contributed by atoms with Crippen LogP contribution in [0, 0.1) is 0 Å². The first-order chi connectivity index (χ1) is 59.9. The highest BCUT2D eigenvalue weighted by atomic mass is 31.1. The molecule has 0 atom stereocenters. The Hall–Kier alpha value is -13.5. The molecule has 19 aromatic carbocycles. The summed E-state index contributed by atoms with van der Waals surface area (Å²) in [5, 5.41) is 8.00. The molecule has 0 saturated carbocycles. The van der Waals surface area contributed by atoms with Gasteiger partial charge in [0, 0.05) is 6.15 Å². The summed E-state index contributed by atoms with van der Waals surface area (Å²) in [6, 6.07) is 195. The Morgan fingerprint density at radius 2 is 0.223 bits per heavy atom. The lowest BCUT2D eigenvalue weighted by atomic mass is 9.25. The van der Waals surface area contributed by atoms with Crippen LogP contribution in [0.4, 0.5) is 0 Å². The van der Waals surface area contributed by atoms with Crippen LogP contribution in [-0.4, -0.2) is 24.3 Å². The predicted octanol–water partition coefficient (Wildman–Crippen LogP) is 28.4. The monoisotopic (exact) mass is 1600 g/mol. The Balaban J connectivity index is 0.979. The van der Waals surface area contributed by atoms with Crippen LogP contribution in [0.1, 0.15) is 0 Å². The predicted molar refractivity (Wildman–Crippen MR) is 529 cm³/mol. The maximum absolute atomic E-state index is 2.61. The van der Waals surface area contributed by atoms with Gasteiger partial charge in [0.25, 0.3) is 0 Å². The minimum Gasteiger partial charge on any atom is -0.209 e. The molecule has 576 valence electrons. The molecule has 0 fully saturated rings. The molecular formula is C117H89BP3-. The molecule has 0 N–H and O–H groups in total. The van der Waals surface area contributed by atoms with E-state index in [9.17, 15) is 0 Å². The molecule has 0 nitrogen and oxygen atoms in total. The summed E-state index contributed by atoms with van der Waals surface area (Å²) in [5.74, 6) is 0. The van der Waals surface area contributed by atoms with Crippen LogP contribution < -0.4 is 37.3 Å². The van der Waals surface area contributed by atoms with Gasteiger partial charge in [-0.2, -0.15) is 0 Å². The van der Waals surface area contributed by atoms with Gasteiger partial charge in [-0.05, 0) is 275 Å². The molecule has 0 spiro atoms. The van der Waals surface area contributed by atoms with Gasteiger partial charge in [-0.15, -0.1) is 18.2 Å². The van der Waals surface area contributed by atoms with Gasteiger partial charge < -0.3 is 0 Å². The molecule has 19 rings (SSSR count). The number of hydrogen-bond acceptors (Lipinski definition) is 0. The maximum Gasteiger partial charge on any atom is 0.0432 e. The van der Waals surface area contributed by atoms with Crippen LogP contribution in [0.25, 0.3) is 134 Å². The van der Waals surface area contributed by atoms with Crippen LogP contribution >= 0.6 is 23.8 Å². The van der Waals surface area contributed by atoms with Crippen LogP contribution in [0.5, 0.6) is 0 Å². The van der Waals surface area contributed by atoms with E-state index in [1.54, 1.807) is 0 Å². The first-order valence-electron chi connectivity index (χ1n) is 42.0. The van der Waals surface area contributed by atoms with Crippen LogP contribution in [0.3, 0.4) is 0 Å². The van der Waals surface area contributed by atoms with Crippen molar-refractivity contribution in [1.29, 1.82) is 0 Å². The van der Waals surface area contributed by atoms with Crippen LogP contribution in [0.2, 0.25) is 0 Å². The molecule has 0 amide bonds. The van der Waals surface area contributed by atoms with Crippen molar-refractivity contribution < 1.29 is 0 Å². The lowest BCUT2D eigenvalue weighted by Gasteiger charge is -2.49. The second-order valence-corrected chi connectivity index (χ2v) is 38.5.